The predicted octanol–water partition coefficient (Wildman–Crippen LogP) is 2.65. The van der Waals surface area contributed by atoms with Gasteiger partial charge >= 0.3 is 5.97 Å². The number of anilines is 1. The molecule has 1 aromatic rings. The summed E-state index contributed by atoms with van der Waals surface area (Å²) < 4.78 is 5.63. The molecule has 0 aromatic heterocycles. The fraction of sp³-hybridized carbons (Fsp3) is 0.462. The van der Waals surface area contributed by atoms with E-state index in [4.69, 9.17) is 16.3 Å². The Labute approximate surface area is 111 Å². The minimum Gasteiger partial charge on any atom is -0.478 e. The molecule has 18 heavy (non-hydrogen) atoms. The van der Waals surface area contributed by atoms with Crippen molar-refractivity contribution in [1.29, 1.82) is 0 Å². The van der Waals surface area contributed by atoms with Crippen LogP contribution in [-0.2, 0) is 4.74 Å². The maximum absolute atomic E-state index is 11.3. The maximum atomic E-state index is 11.3. The molecule has 0 saturated carbocycles. The molecule has 0 amide bonds. The van der Waals surface area contributed by atoms with Crippen molar-refractivity contribution in [2.24, 2.45) is 0 Å². The summed E-state index contributed by atoms with van der Waals surface area (Å²) in [5, 5.41) is 9.70. The van der Waals surface area contributed by atoms with E-state index in [-0.39, 0.29) is 11.2 Å². The molecule has 0 bridgehead atoms. The first-order chi connectivity index (χ1) is 8.41. The van der Waals surface area contributed by atoms with Crippen LogP contribution in [0, 0.1) is 0 Å². The molecule has 0 atom stereocenters. The molecule has 1 aliphatic rings. The number of morpholine rings is 1. The molecule has 1 heterocycles. The fourth-order valence-corrected chi connectivity index (χ4v) is 2.51. The van der Waals surface area contributed by atoms with E-state index in [0.717, 1.165) is 0 Å². The number of para-hydroxylation sites is 1. The number of carboxylic acids is 1. The van der Waals surface area contributed by atoms with Crippen molar-refractivity contribution in [2.45, 2.75) is 19.4 Å². The van der Waals surface area contributed by atoms with Crippen LogP contribution >= 0.6 is 11.6 Å². The van der Waals surface area contributed by atoms with Gasteiger partial charge in [-0.3, -0.25) is 0 Å². The average molecular weight is 270 g/mol. The lowest BCUT2D eigenvalue weighted by Crippen LogP contribution is -2.48. The molecule has 2 rings (SSSR count). The monoisotopic (exact) mass is 269 g/mol. The van der Waals surface area contributed by atoms with Gasteiger partial charge in [-0.25, -0.2) is 4.79 Å². The molecule has 1 aliphatic heterocycles. The highest BCUT2D eigenvalue weighted by molar-refractivity contribution is 6.34. The maximum Gasteiger partial charge on any atom is 0.337 e. The first-order valence-corrected chi connectivity index (χ1v) is 6.19. The van der Waals surface area contributed by atoms with E-state index >= 15 is 0 Å². The smallest absolute Gasteiger partial charge is 0.337 e. The molecule has 1 aromatic carbocycles. The van der Waals surface area contributed by atoms with E-state index in [2.05, 4.69) is 0 Å². The highest BCUT2D eigenvalue weighted by atomic mass is 35.5. The molecule has 1 saturated heterocycles. The Balaban J connectivity index is 2.41. The number of nitrogens with zero attached hydrogens (tertiary/aromatic N) is 1. The van der Waals surface area contributed by atoms with E-state index in [9.17, 15) is 9.90 Å². The van der Waals surface area contributed by atoms with Crippen LogP contribution in [0.15, 0.2) is 18.2 Å². The quantitative estimate of drug-likeness (QED) is 0.897. The van der Waals surface area contributed by atoms with Gasteiger partial charge in [0.2, 0.25) is 0 Å². The molecule has 0 spiro atoms. The topological polar surface area (TPSA) is 49.8 Å². The molecule has 1 N–H and O–H groups in total. The van der Waals surface area contributed by atoms with E-state index in [1.807, 2.05) is 18.7 Å². The zero-order chi connectivity index (χ0) is 13.3. The normalized spacial score (nSPS) is 18.7. The summed E-state index contributed by atoms with van der Waals surface area (Å²) >= 11 is 6.15. The van der Waals surface area contributed by atoms with Crippen LogP contribution in [0.25, 0.3) is 0 Å². The van der Waals surface area contributed by atoms with Crippen LogP contribution in [0.1, 0.15) is 24.2 Å². The molecule has 98 valence electrons. The average Bonchev–Trinajstić information content (AvgIpc) is 2.27. The highest BCUT2D eigenvalue weighted by Gasteiger charge is 2.30. The Kier molecular flexibility index (Phi) is 3.50. The van der Waals surface area contributed by atoms with Gasteiger partial charge in [0.05, 0.1) is 28.5 Å². The van der Waals surface area contributed by atoms with Crippen LogP contribution in [0.3, 0.4) is 0 Å². The molecule has 0 radical (unpaired) electrons. The molecule has 0 unspecified atom stereocenters. The number of hydrogen-bond donors (Lipinski definition) is 1. The van der Waals surface area contributed by atoms with Gasteiger partial charge in [0, 0.05) is 13.1 Å². The van der Waals surface area contributed by atoms with Crippen LogP contribution < -0.4 is 4.90 Å². The molecule has 4 nitrogen and oxygen atoms in total. The summed E-state index contributed by atoms with van der Waals surface area (Å²) in [6.07, 6.45) is 0. The standard InChI is InChI=1S/C13H16ClNO3/c1-13(2)8-15(6-7-18-13)11-9(12(16)17)4-3-5-10(11)14/h3-5H,6-8H2,1-2H3,(H,16,17). The van der Waals surface area contributed by atoms with Crippen LogP contribution in [-0.4, -0.2) is 36.4 Å². The minimum atomic E-state index is -0.961. The zero-order valence-electron chi connectivity index (χ0n) is 10.4. The summed E-state index contributed by atoms with van der Waals surface area (Å²) in [6.45, 7) is 5.80. The number of benzene rings is 1. The second kappa shape index (κ2) is 4.78. The predicted molar refractivity (Wildman–Crippen MR) is 70.7 cm³/mol. The summed E-state index contributed by atoms with van der Waals surface area (Å²) in [5.41, 5.74) is 0.524. The number of ether oxygens (including phenoxy) is 1. The number of carbonyl (C=O) groups is 1. The first-order valence-electron chi connectivity index (χ1n) is 5.81. The van der Waals surface area contributed by atoms with Gasteiger partial charge in [-0.05, 0) is 26.0 Å². The van der Waals surface area contributed by atoms with Crippen LogP contribution in [0.5, 0.6) is 0 Å². The highest BCUT2D eigenvalue weighted by Crippen LogP contribution is 2.32. The molecule has 0 aliphatic carbocycles. The summed E-state index contributed by atoms with van der Waals surface area (Å²) in [4.78, 5) is 13.2. The van der Waals surface area contributed by atoms with Crippen molar-refractivity contribution in [3.05, 3.63) is 28.8 Å². The van der Waals surface area contributed by atoms with Gasteiger partial charge in [0.1, 0.15) is 0 Å². The zero-order valence-corrected chi connectivity index (χ0v) is 11.2. The lowest BCUT2D eigenvalue weighted by molar-refractivity contribution is -0.0277. The van der Waals surface area contributed by atoms with Gasteiger partial charge in [-0.2, -0.15) is 0 Å². The molecular formula is C13H16ClNO3. The third kappa shape index (κ3) is 2.60. The summed E-state index contributed by atoms with van der Waals surface area (Å²) in [6, 6.07) is 4.94. The molecule has 1 fully saturated rings. The van der Waals surface area contributed by atoms with E-state index in [1.165, 1.54) is 0 Å². The van der Waals surface area contributed by atoms with Crippen molar-refractivity contribution < 1.29 is 14.6 Å². The second-order valence-corrected chi connectivity index (χ2v) is 5.38. The Bertz CT molecular complexity index is 473. The molecular weight excluding hydrogens is 254 g/mol. The Morgan fingerprint density at radius 1 is 1.50 bits per heavy atom. The van der Waals surface area contributed by atoms with Crippen LogP contribution in [0.2, 0.25) is 5.02 Å². The van der Waals surface area contributed by atoms with Crippen molar-refractivity contribution in [1.82, 2.24) is 0 Å². The number of rotatable bonds is 2. The number of aromatic carboxylic acids is 1. The lowest BCUT2D eigenvalue weighted by atomic mass is 10.0. The van der Waals surface area contributed by atoms with Gasteiger partial charge in [-0.15, -0.1) is 0 Å². The van der Waals surface area contributed by atoms with Gasteiger partial charge < -0.3 is 14.7 Å². The fourth-order valence-electron chi connectivity index (χ4n) is 2.22. The van der Waals surface area contributed by atoms with E-state index in [0.29, 0.717) is 30.4 Å². The van der Waals surface area contributed by atoms with Gasteiger partial charge in [-0.1, -0.05) is 17.7 Å². The van der Waals surface area contributed by atoms with E-state index in [1.54, 1.807) is 18.2 Å². The molecule has 5 heteroatoms. The lowest BCUT2D eigenvalue weighted by Gasteiger charge is -2.40. The SMILES string of the molecule is CC1(C)CN(c2c(Cl)cccc2C(=O)O)CCO1. The van der Waals surface area contributed by atoms with Crippen molar-refractivity contribution >= 4 is 23.3 Å². The first kappa shape index (κ1) is 13.2. The largest absolute Gasteiger partial charge is 0.478 e. The number of hydrogen-bond acceptors (Lipinski definition) is 3. The third-order valence-corrected chi connectivity index (χ3v) is 3.26. The minimum absolute atomic E-state index is 0.236. The second-order valence-electron chi connectivity index (χ2n) is 4.97. The van der Waals surface area contributed by atoms with E-state index < -0.39 is 5.97 Å². The third-order valence-electron chi connectivity index (χ3n) is 2.96. The van der Waals surface area contributed by atoms with Crippen molar-refractivity contribution in [3.8, 4) is 0 Å². The Morgan fingerprint density at radius 3 is 2.83 bits per heavy atom. The van der Waals surface area contributed by atoms with Crippen molar-refractivity contribution in [2.75, 3.05) is 24.6 Å². The van der Waals surface area contributed by atoms with Gasteiger partial charge in [0.25, 0.3) is 0 Å². The van der Waals surface area contributed by atoms with Gasteiger partial charge in [0.15, 0.2) is 0 Å². The van der Waals surface area contributed by atoms with Crippen molar-refractivity contribution in [3.63, 3.8) is 0 Å². The Hall–Kier alpha value is -1.26. The summed E-state index contributed by atoms with van der Waals surface area (Å²) in [5.74, 6) is -0.961. The Morgan fingerprint density at radius 2 is 2.22 bits per heavy atom. The van der Waals surface area contributed by atoms with Crippen LogP contribution in [0.4, 0.5) is 5.69 Å². The number of carboxylic acid groups (broad SMARTS) is 1. The number of halogens is 1. The summed E-state index contributed by atoms with van der Waals surface area (Å²) in [7, 11) is 0.